The number of benzene rings is 2. The lowest BCUT2D eigenvalue weighted by atomic mass is 10.2. The number of hydrogen-bond acceptors (Lipinski definition) is 4. The average Bonchev–Trinajstić information content (AvgIpc) is 3.17. The number of aliphatic hydroxyl groups excluding tert-OH is 1. The smallest absolute Gasteiger partial charge is 0.339 e. The second-order valence-electron chi connectivity index (χ2n) is 6.16. The van der Waals surface area contributed by atoms with Crippen LogP contribution >= 0.6 is 0 Å². The van der Waals surface area contributed by atoms with Crippen molar-refractivity contribution in [2.24, 2.45) is 0 Å². The first-order valence-electron chi connectivity index (χ1n) is 8.57. The van der Waals surface area contributed by atoms with Crippen molar-refractivity contribution in [1.82, 2.24) is 4.57 Å². The molecule has 0 radical (unpaired) electrons. The molecule has 5 heteroatoms. The number of aromatic nitrogens is 1. The van der Waals surface area contributed by atoms with Crippen LogP contribution in [0.3, 0.4) is 0 Å². The van der Waals surface area contributed by atoms with Crippen molar-refractivity contribution in [2.75, 3.05) is 6.61 Å². The van der Waals surface area contributed by atoms with Crippen LogP contribution in [0.2, 0.25) is 0 Å². The summed E-state index contributed by atoms with van der Waals surface area (Å²) in [7, 11) is 0. The lowest BCUT2D eigenvalue weighted by Crippen LogP contribution is -2.10. The number of fused-ring (bicyclic) bond motifs is 3. The van der Waals surface area contributed by atoms with Gasteiger partial charge in [-0.15, -0.1) is 0 Å². The third-order valence-electron chi connectivity index (χ3n) is 4.49. The molecule has 0 spiro atoms. The van der Waals surface area contributed by atoms with E-state index in [-0.39, 0.29) is 12.4 Å². The van der Waals surface area contributed by atoms with Gasteiger partial charge in [-0.2, -0.15) is 0 Å². The second kappa shape index (κ2) is 6.59. The van der Waals surface area contributed by atoms with Crippen LogP contribution in [0.5, 0.6) is 5.75 Å². The SMILES string of the molecule is CCOC(=O)C1=C(O)c2cc3cc(OCc4ccccc4)ccc3n2C1. The molecule has 1 aliphatic rings. The van der Waals surface area contributed by atoms with Gasteiger partial charge in [-0.05, 0) is 36.8 Å². The van der Waals surface area contributed by atoms with Crippen molar-refractivity contribution >= 4 is 22.6 Å². The van der Waals surface area contributed by atoms with Crippen molar-refractivity contribution in [3.8, 4) is 5.75 Å². The average molecular weight is 349 g/mol. The Kier molecular flexibility index (Phi) is 4.13. The normalized spacial score (nSPS) is 13.1. The largest absolute Gasteiger partial charge is 0.505 e. The Balaban J connectivity index is 1.59. The maximum Gasteiger partial charge on any atom is 0.339 e. The molecule has 2 heterocycles. The summed E-state index contributed by atoms with van der Waals surface area (Å²) in [5.74, 6) is 0.288. The molecule has 0 saturated heterocycles. The van der Waals surface area contributed by atoms with Gasteiger partial charge in [0.05, 0.1) is 18.8 Å². The highest BCUT2D eigenvalue weighted by Crippen LogP contribution is 2.34. The van der Waals surface area contributed by atoms with Gasteiger partial charge < -0.3 is 19.1 Å². The summed E-state index contributed by atoms with van der Waals surface area (Å²) in [4.78, 5) is 12.0. The molecular weight excluding hydrogens is 330 g/mol. The van der Waals surface area contributed by atoms with Crippen molar-refractivity contribution in [1.29, 1.82) is 0 Å². The quantitative estimate of drug-likeness (QED) is 0.706. The van der Waals surface area contributed by atoms with Crippen LogP contribution in [-0.2, 0) is 22.7 Å². The minimum absolute atomic E-state index is 0.00796. The maximum atomic E-state index is 12.0. The molecule has 1 aromatic heterocycles. The molecule has 5 nitrogen and oxygen atoms in total. The van der Waals surface area contributed by atoms with E-state index in [0.29, 0.717) is 24.4 Å². The minimum Gasteiger partial charge on any atom is -0.505 e. The summed E-state index contributed by atoms with van der Waals surface area (Å²) in [6.07, 6.45) is 0. The van der Waals surface area contributed by atoms with Crippen molar-refractivity contribution in [3.63, 3.8) is 0 Å². The van der Waals surface area contributed by atoms with Gasteiger partial charge in [0.15, 0.2) is 5.76 Å². The van der Waals surface area contributed by atoms with Gasteiger partial charge in [-0.3, -0.25) is 0 Å². The minimum atomic E-state index is -0.468. The Morgan fingerprint density at radius 2 is 1.96 bits per heavy atom. The van der Waals surface area contributed by atoms with E-state index in [2.05, 4.69) is 0 Å². The fourth-order valence-corrected chi connectivity index (χ4v) is 3.21. The zero-order valence-electron chi connectivity index (χ0n) is 14.4. The first-order valence-corrected chi connectivity index (χ1v) is 8.57. The van der Waals surface area contributed by atoms with Gasteiger partial charge in [0.2, 0.25) is 0 Å². The molecule has 132 valence electrons. The summed E-state index contributed by atoms with van der Waals surface area (Å²) in [6.45, 7) is 2.84. The Labute approximate surface area is 151 Å². The summed E-state index contributed by atoms with van der Waals surface area (Å²) < 4.78 is 12.8. The summed E-state index contributed by atoms with van der Waals surface area (Å²) in [6, 6.07) is 17.6. The van der Waals surface area contributed by atoms with Gasteiger partial charge >= 0.3 is 5.97 Å². The van der Waals surface area contributed by atoms with Gasteiger partial charge in [-0.25, -0.2) is 4.79 Å². The van der Waals surface area contributed by atoms with E-state index in [0.717, 1.165) is 22.2 Å². The molecule has 0 aliphatic carbocycles. The highest BCUT2D eigenvalue weighted by atomic mass is 16.5. The Bertz CT molecular complexity index is 1000. The van der Waals surface area contributed by atoms with E-state index < -0.39 is 5.97 Å². The zero-order valence-corrected chi connectivity index (χ0v) is 14.4. The molecule has 0 atom stereocenters. The molecule has 0 bridgehead atoms. The molecule has 26 heavy (non-hydrogen) atoms. The van der Waals surface area contributed by atoms with Gasteiger partial charge in [0.25, 0.3) is 0 Å². The third-order valence-corrected chi connectivity index (χ3v) is 4.49. The van der Waals surface area contributed by atoms with Crippen LogP contribution in [0, 0.1) is 0 Å². The molecular formula is C21H19NO4. The van der Waals surface area contributed by atoms with E-state index in [1.807, 2.05) is 59.2 Å². The van der Waals surface area contributed by atoms with Crippen LogP contribution in [0.15, 0.2) is 60.2 Å². The number of ether oxygens (including phenoxy) is 2. The maximum absolute atomic E-state index is 12.0. The highest BCUT2D eigenvalue weighted by Gasteiger charge is 2.28. The lowest BCUT2D eigenvalue weighted by molar-refractivity contribution is -0.138. The second-order valence-corrected chi connectivity index (χ2v) is 6.16. The number of rotatable bonds is 5. The number of nitrogens with zero attached hydrogens (tertiary/aromatic N) is 1. The van der Waals surface area contributed by atoms with E-state index in [1.165, 1.54) is 0 Å². The summed E-state index contributed by atoms with van der Waals surface area (Å²) in [5, 5.41) is 11.3. The number of carbonyl (C=O) groups is 1. The topological polar surface area (TPSA) is 60.7 Å². The Morgan fingerprint density at radius 3 is 2.73 bits per heavy atom. The van der Waals surface area contributed by atoms with Crippen LogP contribution in [0.1, 0.15) is 18.2 Å². The molecule has 0 unspecified atom stereocenters. The van der Waals surface area contributed by atoms with Crippen LogP contribution < -0.4 is 4.74 Å². The summed E-state index contributed by atoms with van der Waals surface area (Å²) >= 11 is 0. The molecule has 0 fully saturated rings. The molecule has 1 aliphatic heterocycles. The van der Waals surface area contributed by atoms with Crippen molar-refractivity contribution < 1.29 is 19.4 Å². The summed E-state index contributed by atoms with van der Waals surface area (Å²) in [5.41, 5.74) is 2.97. The molecule has 2 aromatic carbocycles. The lowest BCUT2D eigenvalue weighted by Gasteiger charge is -2.08. The fourth-order valence-electron chi connectivity index (χ4n) is 3.21. The molecule has 0 saturated carbocycles. The van der Waals surface area contributed by atoms with Crippen molar-refractivity contribution in [3.05, 3.63) is 71.4 Å². The standard InChI is InChI=1S/C21H19NO4/c1-2-25-21(24)17-12-22-18-9-8-16(10-15(18)11-19(22)20(17)23)26-13-14-6-4-3-5-7-14/h3-11,23H,2,12-13H2,1H3. The van der Waals surface area contributed by atoms with Gasteiger partial charge in [-0.1, -0.05) is 30.3 Å². The molecule has 0 amide bonds. The molecule has 3 aromatic rings. The van der Waals surface area contributed by atoms with E-state index >= 15 is 0 Å². The predicted molar refractivity (Wildman–Crippen MR) is 98.9 cm³/mol. The Morgan fingerprint density at radius 1 is 1.15 bits per heavy atom. The van der Waals surface area contributed by atoms with Crippen LogP contribution in [-0.4, -0.2) is 22.2 Å². The highest BCUT2D eigenvalue weighted by molar-refractivity contribution is 5.99. The Hall–Kier alpha value is -3.21. The number of esters is 1. The van der Waals surface area contributed by atoms with Gasteiger partial charge in [0, 0.05) is 10.9 Å². The molecule has 1 N–H and O–H groups in total. The fraction of sp³-hybridized carbons (Fsp3) is 0.190. The zero-order chi connectivity index (χ0) is 18.1. The first-order chi connectivity index (χ1) is 12.7. The van der Waals surface area contributed by atoms with E-state index in [1.54, 1.807) is 6.92 Å². The monoisotopic (exact) mass is 349 g/mol. The number of hydrogen-bond donors (Lipinski definition) is 1. The van der Waals surface area contributed by atoms with Crippen LogP contribution in [0.25, 0.3) is 16.7 Å². The van der Waals surface area contributed by atoms with Crippen LogP contribution in [0.4, 0.5) is 0 Å². The van der Waals surface area contributed by atoms with Crippen molar-refractivity contribution in [2.45, 2.75) is 20.1 Å². The molecule has 4 rings (SSSR count). The predicted octanol–water partition coefficient (Wildman–Crippen LogP) is 4.07. The van der Waals surface area contributed by atoms with Gasteiger partial charge in [0.1, 0.15) is 17.9 Å². The van der Waals surface area contributed by atoms with E-state index in [9.17, 15) is 9.90 Å². The van der Waals surface area contributed by atoms with E-state index in [4.69, 9.17) is 9.47 Å². The third kappa shape index (κ3) is 2.81. The number of carbonyl (C=O) groups excluding carboxylic acids is 1. The number of aliphatic hydroxyl groups is 1. The first kappa shape index (κ1) is 16.3.